The summed E-state index contributed by atoms with van der Waals surface area (Å²) in [5.41, 5.74) is 0.400. The van der Waals surface area contributed by atoms with Crippen LogP contribution < -0.4 is 15.5 Å². The fraction of sp³-hybridized carbons (Fsp3) is 0.516. The predicted molar refractivity (Wildman–Crippen MR) is 153 cm³/mol. The number of nitrogens with zero attached hydrogens (tertiary/aromatic N) is 2. The minimum Gasteiger partial charge on any atom is -0.394 e. The maximum Gasteiger partial charge on any atom is 0.250 e. The van der Waals surface area contributed by atoms with Gasteiger partial charge in [-0.3, -0.25) is 14.4 Å². The zero-order chi connectivity index (χ0) is 28.7. The van der Waals surface area contributed by atoms with Crippen LogP contribution in [0.1, 0.15) is 51.6 Å². The van der Waals surface area contributed by atoms with Gasteiger partial charge in [0.15, 0.2) is 0 Å². The van der Waals surface area contributed by atoms with Gasteiger partial charge in [-0.25, -0.2) is 0 Å². The molecule has 9 nitrogen and oxygen atoms in total. The molecular weight excluding hydrogens is 508 g/mol. The van der Waals surface area contributed by atoms with Gasteiger partial charge in [0.25, 0.3) is 0 Å². The third kappa shape index (κ3) is 4.18. The van der Waals surface area contributed by atoms with E-state index in [1.54, 1.807) is 7.05 Å². The van der Waals surface area contributed by atoms with Gasteiger partial charge in [-0.2, -0.15) is 0 Å². The Hall–Kier alpha value is -3.43. The molecule has 3 aliphatic heterocycles. The number of rotatable bonds is 10. The molecule has 2 aromatic carbocycles. The number of nitrogens with one attached hydrogen (secondary N) is 2. The molecule has 0 aromatic heterocycles. The average Bonchev–Trinajstić information content (AvgIpc) is 3.59. The fourth-order valence-electron chi connectivity index (χ4n) is 7.43. The highest BCUT2D eigenvalue weighted by Gasteiger charge is 2.79. The highest BCUT2D eigenvalue weighted by atomic mass is 16.5. The van der Waals surface area contributed by atoms with Crippen LogP contribution in [0.3, 0.4) is 0 Å². The summed E-state index contributed by atoms with van der Waals surface area (Å²) in [6, 6.07) is 15.1. The van der Waals surface area contributed by atoms with Crippen molar-refractivity contribution >= 4 is 29.1 Å². The maximum absolute atomic E-state index is 14.4. The number of carbonyl (C=O) groups is 3. The molecule has 2 unspecified atom stereocenters. The monoisotopic (exact) mass is 548 g/mol. The van der Waals surface area contributed by atoms with Gasteiger partial charge in [-0.15, -0.1) is 0 Å². The fourth-order valence-corrected chi connectivity index (χ4v) is 7.43. The molecule has 0 radical (unpaired) electrons. The highest BCUT2D eigenvalue weighted by molar-refractivity contribution is 6.04. The van der Waals surface area contributed by atoms with Crippen molar-refractivity contribution in [3.05, 3.63) is 60.2 Å². The number of anilines is 2. The quantitative estimate of drug-likeness (QED) is 0.421. The summed E-state index contributed by atoms with van der Waals surface area (Å²) >= 11 is 0. The SMILES string of the molecule is CCN(CC)c1ccc(NC(=O)C2N([C@H](CO)c3ccccc3)C(=O)[C@@H]3[C@H](C(=O)NC)[C@]4(CC)CCC23O4)cc1. The molecule has 2 bridgehead atoms. The number of carbonyl (C=O) groups excluding carboxylic acids is 3. The van der Waals surface area contributed by atoms with Crippen molar-refractivity contribution in [1.29, 1.82) is 0 Å². The van der Waals surface area contributed by atoms with Gasteiger partial charge in [-0.1, -0.05) is 37.3 Å². The van der Waals surface area contributed by atoms with Crippen LogP contribution >= 0.6 is 0 Å². The predicted octanol–water partition coefficient (Wildman–Crippen LogP) is 3.11. The Balaban J connectivity index is 1.56. The number of hydrogen-bond donors (Lipinski definition) is 3. The van der Waals surface area contributed by atoms with E-state index in [9.17, 15) is 19.5 Å². The zero-order valence-corrected chi connectivity index (χ0v) is 23.7. The molecule has 3 N–H and O–H groups in total. The smallest absolute Gasteiger partial charge is 0.250 e. The molecule has 3 saturated heterocycles. The van der Waals surface area contributed by atoms with Crippen LogP contribution in [-0.2, 0) is 19.1 Å². The number of fused-ring (bicyclic) bond motifs is 1. The van der Waals surface area contributed by atoms with Gasteiger partial charge < -0.3 is 30.3 Å². The molecule has 3 heterocycles. The number of hydrogen-bond acceptors (Lipinski definition) is 6. The first-order chi connectivity index (χ1) is 19.3. The maximum atomic E-state index is 14.4. The van der Waals surface area contributed by atoms with Crippen LogP contribution in [0, 0.1) is 11.8 Å². The second-order valence-corrected chi connectivity index (χ2v) is 11.0. The van der Waals surface area contributed by atoms with Crippen molar-refractivity contribution in [3.8, 4) is 0 Å². The van der Waals surface area contributed by atoms with Crippen molar-refractivity contribution in [1.82, 2.24) is 10.2 Å². The minimum absolute atomic E-state index is 0.255. The van der Waals surface area contributed by atoms with Crippen molar-refractivity contribution in [2.24, 2.45) is 11.8 Å². The third-order valence-corrected chi connectivity index (χ3v) is 9.35. The molecule has 3 aliphatic rings. The summed E-state index contributed by atoms with van der Waals surface area (Å²) in [5, 5.41) is 16.3. The molecular formula is C31H40N4O5. The number of ether oxygens (including phenoxy) is 1. The summed E-state index contributed by atoms with van der Waals surface area (Å²) < 4.78 is 6.77. The molecule has 9 heteroatoms. The second kappa shape index (κ2) is 10.9. The summed E-state index contributed by atoms with van der Waals surface area (Å²) in [5.74, 6) is -2.50. The molecule has 2 aromatic rings. The van der Waals surface area contributed by atoms with E-state index < -0.39 is 35.1 Å². The topological polar surface area (TPSA) is 111 Å². The molecule has 3 amide bonds. The summed E-state index contributed by atoms with van der Waals surface area (Å²) in [6.45, 7) is 7.52. The van der Waals surface area contributed by atoms with E-state index in [2.05, 4.69) is 29.4 Å². The summed E-state index contributed by atoms with van der Waals surface area (Å²) in [6.07, 6.45) is 1.61. The normalized spacial score (nSPS) is 29.3. The van der Waals surface area contributed by atoms with Gasteiger partial charge in [-0.05, 0) is 62.9 Å². The molecule has 6 atom stereocenters. The zero-order valence-electron chi connectivity index (χ0n) is 23.7. The van der Waals surface area contributed by atoms with Crippen molar-refractivity contribution < 1.29 is 24.2 Å². The first kappa shape index (κ1) is 28.1. The first-order valence-electron chi connectivity index (χ1n) is 14.4. The molecule has 0 saturated carbocycles. The Morgan fingerprint density at radius 1 is 1.05 bits per heavy atom. The van der Waals surface area contributed by atoms with Crippen molar-refractivity contribution in [2.45, 2.75) is 63.3 Å². The highest BCUT2D eigenvalue weighted by Crippen LogP contribution is 2.65. The number of benzene rings is 2. The Kier molecular flexibility index (Phi) is 7.63. The third-order valence-electron chi connectivity index (χ3n) is 9.35. The molecule has 5 rings (SSSR count). The Morgan fingerprint density at radius 2 is 1.73 bits per heavy atom. The first-order valence-corrected chi connectivity index (χ1v) is 14.4. The molecule has 0 aliphatic carbocycles. The molecule has 3 fully saturated rings. The van der Waals surface area contributed by atoms with E-state index in [1.165, 1.54) is 4.90 Å². The van der Waals surface area contributed by atoms with E-state index in [0.29, 0.717) is 30.5 Å². The number of likely N-dealkylation sites (tertiary alicyclic amines) is 1. The van der Waals surface area contributed by atoms with E-state index in [4.69, 9.17) is 4.74 Å². The van der Waals surface area contributed by atoms with Gasteiger partial charge in [0, 0.05) is 31.5 Å². The number of aliphatic hydroxyl groups excluding tert-OH is 1. The van der Waals surface area contributed by atoms with Crippen LogP contribution in [0.4, 0.5) is 11.4 Å². The van der Waals surface area contributed by atoms with Crippen molar-refractivity contribution in [2.75, 3.05) is 37.0 Å². The lowest BCUT2D eigenvalue weighted by molar-refractivity contribution is -0.149. The van der Waals surface area contributed by atoms with E-state index in [-0.39, 0.29) is 24.3 Å². The van der Waals surface area contributed by atoms with Crippen LogP contribution in [0.25, 0.3) is 0 Å². The van der Waals surface area contributed by atoms with Crippen LogP contribution in [0.15, 0.2) is 54.6 Å². The van der Waals surface area contributed by atoms with E-state index in [0.717, 1.165) is 18.8 Å². The van der Waals surface area contributed by atoms with E-state index >= 15 is 0 Å². The molecule has 40 heavy (non-hydrogen) atoms. The number of amides is 3. The lowest BCUT2D eigenvalue weighted by atomic mass is 9.65. The summed E-state index contributed by atoms with van der Waals surface area (Å²) in [7, 11) is 1.56. The van der Waals surface area contributed by atoms with E-state index in [1.807, 2.05) is 61.5 Å². The van der Waals surface area contributed by atoms with Crippen molar-refractivity contribution in [3.63, 3.8) is 0 Å². The van der Waals surface area contributed by atoms with Crippen LogP contribution in [0.2, 0.25) is 0 Å². The van der Waals surface area contributed by atoms with Crippen LogP contribution in [-0.4, -0.2) is 71.7 Å². The van der Waals surface area contributed by atoms with Crippen LogP contribution in [0.5, 0.6) is 0 Å². The largest absolute Gasteiger partial charge is 0.394 e. The van der Waals surface area contributed by atoms with Gasteiger partial charge in [0.05, 0.1) is 30.1 Å². The standard InChI is InChI=1S/C31H40N4O5/c1-5-30-17-18-31(40-30)25(24(30)27(37)32-4)29(39)35(23(19-36)20-11-9-8-10-12-20)26(31)28(38)33-21-13-15-22(16-14-21)34(6-2)7-3/h8-16,23-26,36H,5-7,17-19H2,1-4H3,(H,32,37)(H,33,38)/t23-,24-,25+,26?,30+,31?/m1/s1. The Labute approximate surface area is 235 Å². The van der Waals surface area contributed by atoms with Gasteiger partial charge in [0.1, 0.15) is 11.6 Å². The molecule has 214 valence electrons. The lowest BCUT2D eigenvalue weighted by Crippen LogP contribution is -2.54. The second-order valence-electron chi connectivity index (χ2n) is 11.0. The number of aliphatic hydroxyl groups is 1. The lowest BCUT2D eigenvalue weighted by Gasteiger charge is -2.37. The Bertz CT molecular complexity index is 1250. The Morgan fingerprint density at radius 3 is 2.30 bits per heavy atom. The minimum atomic E-state index is -1.17. The average molecular weight is 549 g/mol. The molecule has 1 spiro atoms. The summed E-state index contributed by atoms with van der Waals surface area (Å²) in [4.78, 5) is 45.6. The van der Waals surface area contributed by atoms with Gasteiger partial charge in [0.2, 0.25) is 17.7 Å². The van der Waals surface area contributed by atoms with Gasteiger partial charge >= 0.3 is 0 Å².